The Morgan fingerprint density at radius 2 is 2.00 bits per heavy atom. The molecule has 0 bridgehead atoms. The third-order valence-corrected chi connectivity index (χ3v) is 3.74. The first kappa shape index (κ1) is 11.4. The van der Waals surface area contributed by atoms with Gasteiger partial charge in [0.15, 0.2) is 5.75 Å². The van der Waals surface area contributed by atoms with Crippen molar-refractivity contribution in [3.05, 3.63) is 0 Å². The zero-order valence-electron chi connectivity index (χ0n) is 7.86. The van der Waals surface area contributed by atoms with E-state index >= 15 is 0 Å². The minimum absolute atomic E-state index is 0.197. The number of aliphatic hydroxyl groups is 1. The van der Waals surface area contributed by atoms with Crippen molar-refractivity contribution in [3.63, 3.8) is 0 Å². The summed E-state index contributed by atoms with van der Waals surface area (Å²) in [5.41, 5.74) is -0.713. The SMILES string of the molecule is N#CCS(=O)(=O)NC1(CO)CCCC1. The van der Waals surface area contributed by atoms with Crippen molar-refractivity contribution in [2.45, 2.75) is 31.2 Å². The summed E-state index contributed by atoms with van der Waals surface area (Å²) < 4.78 is 25.0. The maximum Gasteiger partial charge on any atom is 0.225 e. The molecular weight excluding hydrogens is 204 g/mol. The molecule has 0 aromatic rings. The Balaban J connectivity index is 2.70. The molecule has 1 fully saturated rings. The Morgan fingerprint density at radius 3 is 2.43 bits per heavy atom. The van der Waals surface area contributed by atoms with E-state index in [1.165, 1.54) is 0 Å². The number of nitriles is 1. The van der Waals surface area contributed by atoms with Crippen LogP contribution < -0.4 is 4.72 Å². The van der Waals surface area contributed by atoms with Gasteiger partial charge in [-0.15, -0.1) is 0 Å². The molecule has 1 saturated carbocycles. The third kappa shape index (κ3) is 2.67. The highest BCUT2D eigenvalue weighted by Gasteiger charge is 2.36. The van der Waals surface area contributed by atoms with Gasteiger partial charge in [-0.05, 0) is 12.8 Å². The van der Waals surface area contributed by atoms with Crippen molar-refractivity contribution in [3.8, 4) is 6.07 Å². The highest BCUT2D eigenvalue weighted by molar-refractivity contribution is 7.89. The van der Waals surface area contributed by atoms with Gasteiger partial charge in [-0.1, -0.05) is 12.8 Å². The molecule has 0 unspecified atom stereocenters. The van der Waals surface area contributed by atoms with Gasteiger partial charge in [0.1, 0.15) is 0 Å². The molecule has 1 aliphatic rings. The second kappa shape index (κ2) is 4.26. The normalized spacial score (nSPS) is 20.6. The monoisotopic (exact) mass is 218 g/mol. The van der Waals surface area contributed by atoms with Crippen LogP contribution in [-0.4, -0.2) is 31.4 Å². The van der Waals surface area contributed by atoms with E-state index in [-0.39, 0.29) is 6.61 Å². The van der Waals surface area contributed by atoms with Crippen LogP contribution in [0.4, 0.5) is 0 Å². The Bertz CT molecular complexity index is 325. The fourth-order valence-corrected chi connectivity index (χ4v) is 2.97. The molecule has 0 atom stereocenters. The maximum atomic E-state index is 11.3. The molecule has 0 aromatic heterocycles. The first-order chi connectivity index (χ1) is 6.54. The number of nitrogens with one attached hydrogen (secondary N) is 1. The number of hydrogen-bond acceptors (Lipinski definition) is 4. The quantitative estimate of drug-likeness (QED) is 0.680. The molecule has 2 N–H and O–H groups in total. The lowest BCUT2D eigenvalue weighted by Gasteiger charge is -2.26. The van der Waals surface area contributed by atoms with Crippen molar-refractivity contribution in [2.75, 3.05) is 12.4 Å². The number of hydrogen-bond donors (Lipinski definition) is 2. The lowest BCUT2D eigenvalue weighted by Crippen LogP contribution is -2.49. The molecular formula is C8H14N2O3S. The van der Waals surface area contributed by atoms with E-state index in [0.717, 1.165) is 12.8 Å². The second-order valence-electron chi connectivity index (χ2n) is 3.66. The van der Waals surface area contributed by atoms with Crippen LogP contribution in [0, 0.1) is 11.3 Å². The number of nitrogens with zero attached hydrogens (tertiary/aromatic N) is 1. The molecule has 5 nitrogen and oxygen atoms in total. The maximum absolute atomic E-state index is 11.3. The largest absolute Gasteiger partial charge is 0.394 e. The number of aliphatic hydroxyl groups excluding tert-OH is 1. The van der Waals surface area contributed by atoms with Gasteiger partial charge >= 0.3 is 0 Å². The average Bonchev–Trinajstić information content (AvgIpc) is 2.53. The van der Waals surface area contributed by atoms with Crippen LogP contribution in [0.3, 0.4) is 0 Å². The van der Waals surface area contributed by atoms with Crippen molar-refractivity contribution in [2.24, 2.45) is 0 Å². The van der Waals surface area contributed by atoms with Crippen LogP contribution in [-0.2, 0) is 10.0 Å². The van der Waals surface area contributed by atoms with E-state index in [1.807, 2.05) is 0 Å². The van der Waals surface area contributed by atoms with Gasteiger partial charge in [0, 0.05) is 0 Å². The minimum atomic E-state index is -3.56. The molecule has 80 valence electrons. The van der Waals surface area contributed by atoms with E-state index in [4.69, 9.17) is 10.4 Å². The summed E-state index contributed by atoms with van der Waals surface area (Å²) in [5.74, 6) is -0.547. The summed E-state index contributed by atoms with van der Waals surface area (Å²) in [4.78, 5) is 0. The van der Waals surface area contributed by atoms with E-state index in [1.54, 1.807) is 6.07 Å². The van der Waals surface area contributed by atoms with Gasteiger partial charge in [-0.25, -0.2) is 13.1 Å². The molecule has 0 spiro atoms. The summed E-state index contributed by atoms with van der Waals surface area (Å²) in [6.07, 6.45) is 3.12. The summed E-state index contributed by atoms with van der Waals surface area (Å²) in [5, 5.41) is 17.4. The first-order valence-corrected chi connectivity index (χ1v) is 6.18. The predicted molar refractivity (Wildman–Crippen MR) is 50.8 cm³/mol. The molecule has 0 aliphatic heterocycles. The fourth-order valence-electron chi connectivity index (χ4n) is 1.80. The van der Waals surface area contributed by atoms with Crippen molar-refractivity contribution >= 4 is 10.0 Å². The van der Waals surface area contributed by atoms with E-state index in [9.17, 15) is 8.42 Å². The Labute approximate surface area is 83.8 Å². The van der Waals surface area contributed by atoms with Crippen LogP contribution in [0.1, 0.15) is 25.7 Å². The van der Waals surface area contributed by atoms with Crippen LogP contribution in [0.15, 0.2) is 0 Å². The van der Waals surface area contributed by atoms with Crippen molar-refractivity contribution < 1.29 is 13.5 Å². The standard InChI is InChI=1S/C8H14N2O3S/c9-5-6-14(12,13)10-8(7-11)3-1-2-4-8/h10-11H,1-4,6-7H2. The first-order valence-electron chi connectivity index (χ1n) is 4.53. The van der Waals surface area contributed by atoms with Gasteiger partial charge in [0.2, 0.25) is 10.0 Å². The topological polar surface area (TPSA) is 90.2 Å². The van der Waals surface area contributed by atoms with Crippen molar-refractivity contribution in [1.82, 2.24) is 4.72 Å². The van der Waals surface area contributed by atoms with Gasteiger partial charge in [0.05, 0.1) is 18.2 Å². The smallest absolute Gasteiger partial charge is 0.225 e. The molecule has 0 amide bonds. The third-order valence-electron chi connectivity index (χ3n) is 2.49. The van der Waals surface area contributed by atoms with Crippen LogP contribution in [0.2, 0.25) is 0 Å². The number of rotatable bonds is 4. The van der Waals surface area contributed by atoms with E-state index < -0.39 is 21.3 Å². The van der Waals surface area contributed by atoms with Gasteiger partial charge in [-0.2, -0.15) is 5.26 Å². The molecule has 0 aromatic carbocycles. The van der Waals surface area contributed by atoms with Crippen LogP contribution in [0.5, 0.6) is 0 Å². The van der Waals surface area contributed by atoms with Crippen LogP contribution in [0.25, 0.3) is 0 Å². The molecule has 14 heavy (non-hydrogen) atoms. The molecule has 0 saturated heterocycles. The molecule has 1 rings (SSSR count). The average molecular weight is 218 g/mol. The van der Waals surface area contributed by atoms with E-state index in [2.05, 4.69) is 4.72 Å². The number of sulfonamides is 1. The molecule has 1 aliphatic carbocycles. The lowest BCUT2D eigenvalue weighted by molar-refractivity contribution is 0.185. The Kier molecular flexibility index (Phi) is 3.48. The van der Waals surface area contributed by atoms with Crippen molar-refractivity contribution in [1.29, 1.82) is 5.26 Å². The van der Waals surface area contributed by atoms with Gasteiger partial charge in [-0.3, -0.25) is 0 Å². The predicted octanol–water partition coefficient (Wildman–Crippen LogP) is -0.266. The zero-order chi connectivity index (χ0) is 10.7. The van der Waals surface area contributed by atoms with E-state index in [0.29, 0.717) is 12.8 Å². The molecule has 0 radical (unpaired) electrons. The summed E-state index contributed by atoms with van der Waals surface area (Å²) in [6.45, 7) is -0.197. The van der Waals surface area contributed by atoms with Crippen LogP contribution >= 0.6 is 0 Å². The lowest BCUT2D eigenvalue weighted by atomic mass is 10.0. The minimum Gasteiger partial charge on any atom is -0.394 e. The highest BCUT2D eigenvalue weighted by atomic mass is 32.2. The summed E-state index contributed by atoms with van der Waals surface area (Å²) in [6, 6.07) is 1.59. The molecule has 6 heteroatoms. The fraction of sp³-hybridized carbons (Fsp3) is 0.875. The summed E-state index contributed by atoms with van der Waals surface area (Å²) >= 11 is 0. The van der Waals surface area contributed by atoms with Gasteiger partial charge in [0.25, 0.3) is 0 Å². The zero-order valence-corrected chi connectivity index (χ0v) is 8.68. The second-order valence-corrected chi connectivity index (χ2v) is 5.39. The summed E-state index contributed by atoms with van der Waals surface area (Å²) in [7, 11) is -3.56. The Morgan fingerprint density at radius 1 is 1.43 bits per heavy atom. The highest BCUT2D eigenvalue weighted by Crippen LogP contribution is 2.29. The Hall–Kier alpha value is -0.640. The van der Waals surface area contributed by atoms with Gasteiger partial charge < -0.3 is 5.11 Å². The molecule has 0 heterocycles.